The highest BCUT2D eigenvalue weighted by Crippen LogP contribution is 2.23. The molecule has 1 aliphatic heterocycles. The predicted octanol–water partition coefficient (Wildman–Crippen LogP) is 0.396. The van der Waals surface area contributed by atoms with Crippen LogP contribution in [-0.2, 0) is 22.8 Å². The van der Waals surface area contributed by atoms with Crippen molar-refractivity contribution < 1.29 is 8.42 Å². The van der Waals surface area contributed by atoms with E-state index in [4.69, 9.17) is 0 Å². The van der Waals surface area contributed by atoms with E-state index in [0.29, 0.717) is 12.2 Å². The molecule has 0 amide bonds. The fraction of sp³-hybridized carbons (Fsp3) is 0.833. The minimum absolute atomic E-state index is 0.0835. The molecule has 0 aromatic carbocycles. The Kier molecular flexibility index (Phi) is 4.57. The van der Waals surface area contributed by atoms with Gasteiger partial charge in [-0.25, -0.2) is 13.4 Å². The van der Waals surface area contributed by atoms with Gasteiger partial charge in [0.2, 0.25) is 0 Å². The number of aryl methyl sites for hydroxylation is 1. The van der Waals surface area contributed by atoms with Crippen molar-refractivity contribution in [3.63, 3.8) is 0 Å². The van der Waals surface area contributed by atoms with E-state index >= 15 is 0 Å². The molecule has 2 heterocycles. The van der Waals surface area contributed by atoms with Crippen LogP contribution in [0.15, 0.2) is 6.33 Å². The summed E-state index contributed by atoms with van der Waals surface area (Å²) in [6.07, 6.45) is 4.66. The zero-order valence-corrected chi connectivity index (χ0v) is 12.4. The maximum absolute atomic E-state index is 12.2. The van der Waals surface area contributed by atoms with E-state index in [2.05, 4.69) is 15.4 Å². The molecule has 7 heteroatoms. The average Bonchev–Trinajstić information content (AvgIpc) is 2.83. The molecule has 1 aromatic rings. The lowest BCUT2D eigenvalue weighted by molar-refractivity contribution is 0.442. The standard InChI is InChI=1S/C12H22N4O2S/c1-3-16-12(14-9-15-16)8-10(13-2)11-6-4-5-7-19(11,17)18/h9-11,13H,3-8H2,1-2H3. The monoisotopic (exact) mass is 286 g/mol. The van der Waals surface area contributed by atoms with Crippen molar-refractivity contribution >= 4 is 9.84 Å². The van der Waals surface area contributed by atoms with Gasteiger partial charge in [0.05, 0.1) is 11.0 Å². The molecule has 1 fully saturated rings. The van der Waals surface area contributed by atoms with E-state index < -0.39 is 9.84 Å². The largest absolute Gasteiger partial charge is 0.315 e. The molecule has 0 saturated carbocycles. The summed E-state index contributed by atoms with van der Waals surface area (Å²) in [4.78, 5) is 4.23. The molecular weight excluding hydrogens is 264 g/mol. The number of hydrogen-bond donors (Lipinski definition) is 1. The van der Waals surface area contributed by atoms with Crippen LogP contribution in [0.2, 0.25) is 0 Å². The molecule has 1 saturated heterocycles. The number of nitrogens with zero attached hydrogens (tertiary/aromatic N) is 3. The predicted molar refractivity (Wildman–Crippen MR) is 73.7 cm³/mol. The molecular formula is C12H22N4O2S. The number of sulfone groups is 1. The van der Waals surface area contributed by atoms with Gasteiger partial charge < -0.3 is 5.32 Å². The number of aromatic nitrogens is 3. The minimum atomic E-state index is -2.98. The van der Waals surface area contributed by atoms with Gasteiger partial charge in [-0.05, 0) is 26.8 Å². The Morgan fingerprint density at radius 2 is 2.32 bits per heavy atom. The van der Waals surface area contributed by atoms with Gasteiger partial charge in [-0.1, -0.05) is 6.42 Å². The average molecular weight is 286 g/mol. The van der Waals surface area contributed by atoms with Gasteiger partial charge in [-0.2, -0.15) is 5.10 Å². The SMILES string of the molecule is CCn1ncnc1CC(NC)C1CCCCS1(=O)=O. The van der Waals surface area contributed by atoms with Gasteiger partial charge in [0.1, 0.15) is 12.2 Å². The van der Waals surface area contributed by atoms with Crippen LogP contribution in [0.5, 0.6) is 0 Å². The lowest BCUT2D eigenvalue weighted by Gasteiger charge is -2.29. The summed E-state index contributed by atoms with van der Waals surface area (Å²) in [6.45, 7) is 2.76. The molecule has 1 aromatic heterocycles. The normalized spacial score (nSPS) is 24.2. The summed E-state index contributed by atoms with van der Waals surface area (Å²) in [7, 11) is -1.16. The van der Waals surface area contributed by atoms with Crippen LogP contribution in [0.3, 0.4) is 0 Å². The molecule has 1 aliphatic rings. The Morgan fingerprint density at radius 1 is 1.53 bits per heavy atom. The third-order valence-electron chi connectivity index (χ3n) is 3.85. The van der Waals surface area contributed by atoms with Crippen molar-refractivity contribution in [3.8, 4) is 0 Å². The number of nitrogens with one attached hydrogen (secondary N) is 1. The fourth-order valence-corrected chi connectivity index (χ4v) is 4.93. The van der Waals surface area contributed by atoms with Crippen molar-refractivity contribution in [1.29, 1.82) is 0 Å². The third-order valence-corrected chi connectivity index (χ3v) is 6.19. The Bertz CT molecular complexity index is 512. The Morgan fingerprint density at radius 3 is 2.95 bits per heavy atom. The zero-order chi connectivity index (χ0) is 13.9. The van der Waals surface area contributed by atoms with Crippen LogP contribution >= 0.6 is 0 Å². The smallest absolute Gasteiger partial charge is 0.154 e. The van der Waals surface area contributed by atoms with Crippen molar-refractivity contribution in [2.24, 2.45) is 0 Å². The van der Waals surface area contributed by atoms with Gasteiger partial charge in [0, 0.05) is 19.0 Å². The van der Waals surface area contributed by atoms with Gasteiger partial charge in [-0.3, -0.25) is 4.68 Å². The lowest BCUT2D eigenvalue weighted by Crippen LogP contribution is -2.47. The first-order valence-electron chi connectivity index (χ1n) is 6.84. The summed E-state index contributed by atoms with van der Waals surface area (Å²) in [5.74, 6) is 1.17. The van der Waals surface area contributed by atoms with Crippen molar-refractivity contribution in [2.75, 3.05) is 12.8 Å². The van der Waals surface area contributed by atoms with Crippen LogP contribution in [0.1, 0.15) is 32.0 Å². The summed E-state index contributed by atoms with van der Waals surface area (Å²) in [5, 5.41) is 6.99. The second kappa shape index (κ2) is 6.00. The molecule has 2 atom stereocenters. The first-order chi connectivity index (χ1) is 9.08. The second-order valence-corrected chi connectivity index (χ2v) is 7.33. The highest BCUT2D eigenvalue weighted by molar-refractivity contribution is 7.92. The molecule has 1 N–H and O–H groups in total. The summed E-state index contributed by atoms with van der Waals surface area (Å²) >= 11 is 0. The molecule has 0 spiro atoms. The molecule has 2 unspecified atom stereocenters. The van der Waals surface area contributed by atoms with Crippen LogP contribution in [-0.4, -0.2) is 47.3 Å². The number of rotatable bonds is 5. The van der Waals surface area contributed by atoms with Crippen molar-refractivity contribution in [1.82, 2.24) is 20.1 Å². The van der Waals surface area contributed by atoms with Crippen LogP contribution in [0.4, 0.5) is 0 Å². The number of likely N-dealkylation sites (N-methyl/N-ethyl adjacent to an activating group) is 1. The first kappa shape index (κ1) is 14.5. The summed E-state index contributed by atoms with van der Waals surface area (Å²) in [5.41, 5.74) is 0. The minimum Gasteiger partial charge on any atom is -0.315 e. The van der Waals surface area contributed by atoms with Gasteiger partial charge in [0.25, 0.3) is 0 Å². The summed E-state index contributed by atoms with van der Waals surface area (Å²) < 4.78 is 26.2. The zero-order valence-electron chi connectivity index (χ0n) is 11.5. The Hall–Kier alpha value is -0.950. The van der Waals surface area contributed by atoms with E-state index in [1.165, 1.54) is 6.33 Å². The molecule has 0 bridgehead atoms. The fourth-order valence-electron chi connectivity index (χ4n) is 2.76. The van der Waals surface area contributed by atoms with Crippen LogP contribution in [0.25, 0.3) is 0 Å². The van der Waals surface area contributed by atoms with Crippen molar-refractivity contribution in [3.05, 3.63) is 12.2 Å². The number of hydrogen-bond acceptors (Lipinski definition) is 5. The molecule has 108 valence electrons. The Balaban J connectivity index is 2.16. The van der Waals surface area contributed by atoms with Crippen LogP contribution in [0, 0.1) is 0 Å². The lowest BCUT2D eigenvalue weighted by atomic mass is 10.0. The molecule has 0 aliphatic carbocycles. The first-order valence-corrected chi connectivity index (χ1v) is 8.55. The topological polar surface area (TPSA) is 76.9 Å². The van der Waals surface area contributed by atoms with E-state index in [9.17, 15) is 8.42 Å². The molecule has 19 heavy (non-hydrogen) atoms. The summed E-state index contributed by atoms with van der Waals surface area (Å²) in [6, 6.07) is -0.0835. The maximum Gasteiger partial charge on any atom is 0.154 e. The highest BCUT2D eigenvalue weighted by atomic mass is 32.2. The van der Waals surface area contributed by atoms with Crippen molar-refractivity contribution in [2.45, 2.75) is 50.4 Å². The van der Waals surface area contributed by atoms with E-state index in [-0.39, 0.29) is 11.3 Å². The van der Waals surface area contributed by atoms with Gasteiger partial charge in [-0.15, -0.1) is 0 Å². The maximum atomic E-state index is 12.2. The third kappa shape index (κ3) is 3.14. The quantitative estimate of drug-likeness (QED) is 0.847. The molecule has 6 nitrogen and oxygen atoms in total. The molecule has 2 rings (SSSR count). The van der Waals surface area contributed by atoms with Gasteiger partial charge >= 0.3 is 0 Å². The van der Waals surface area contributed by atoms with E-state index in [1.807, 2.05) is 18.7 Å². The Labute approximate surface area is 114 Å². The van der Waals surface area contributed by atoms with E-state index in [0.717, 1.165) is 31.6 Å². The van der Waals surface area contributed by atoms with Gasteiger partial charge in [0.15, 0.2) is 9.84 Å². The molecule has 0 radical (unpaired) electrons. The highest BCUT2D eigenvalue weighted by Gasteiger charge is 2.35. The van der Waals surface area contributed by atoms with Crippen LogP contribution < -0.4 is 5.32 Å². The van der Waals surface area contributed by atoms with E-state index in [1.54, 1.807) is 0 Å². The second-order valence-electron chi connectivity index (χ2n) is 4.99.